The van der Waals surface area contributed by atoms with Crippen LogP contribution in [0.4, 0.5) is 0 Å². The van der Waals surface area contributed by atoms with Crippen LogP contribution in [-0.4, -0.2) is 31.8 Å². The second-order valence-electron chi connectivity index (χ2n) is 4.83. The van der Waals surface area contributed by atoms with Crippen molar-refractivity contribution < 1.29 is 23.9 Å². The van der Waals surface area contributed by atoms with Crippen LogP contribution in [0.15, 0.2) is 42.5 Å². The molecule has 25 heavy (non-hydrogen) atoms. The van der Waals surface area contributed by atoms with Gasteiger partial charge in [0.15, 0.2) is 18.1 Å². The van der Waals surface area contributed by atoms with Gasteiger partial charge in [0.25, 0.3) is 11.8 Å². The Morgan fingerprint density at radius 3 is 2.60 bits per heavy atom. The van der Waals surface area contributed by atoms with Crippen LogP contribution in [0.3, 0.4) is 0 Å². The molecule has 2 N–H and O–H groups in total. The molecule has 0 atom stereocenters. The third-order valence-corrected chi connectivity index (χ3v) is 3.32. The molecule has 2 rings (SSSR count). The van der Waals surface area contributed by atoms with E-state index < -0.39 is 11.8 Å². The summed E-state index contributed by atoms with van der Waals surface area (Å²) in [5, 5.41) is 0.410. The molecule has 0 unspecified atom stereocenters. The summed E-state index contributed by atoms with van der Waals surface area (Å²) in [6, 6.07) is 10.8. The minimum Gasteiger partial charge on any atom is -0.493 e. The molecule has 0 aliphatic heterocycles. The highest BCUT2D eigenvalue weighted by molar-refractivity contribution is 6.30. The molecule has 0 spiro atoms. The van der Waals surface area contributed by atoms with Crippen molar-refractivity contribution in [1.82, 2.24) is 10.9 Å². The van der Waals surface area contributed by atoms with Crippen LogP contribution in [0.1, 0.15) is 20.7 Å². The smallest absolute Gasteiger partial charge is 0.276 e. The summed E-state index contributed by atoms with van der Waals surface area (Å²) in [6.07, 6.45) is 0.671. The summed E-state index contributed by atoms with van der Waals surface area (Å²) >= 11 is 5.80. The van der Waals surface area contributed by atoms with Gasteiger partial charge in [-0.2, -0.15) is 0 Å². The van der Waals surface area contributed by atoms with E-state index in [1.54, 1.807) is 18.2 Å². The minimum absolute atomic E-state index is 0.296. The summed E-state index contributed by atoms with van der Waals surface area (Å²) in [6.45, 7) is -0.355. The highest BCUT2D eigenvalue weighted by Gasteiger charge is 2.10. The Morgan fingerprint density at radius 2 is 1.92 bits per heavy atom. The van der Waals surface area contributed by atoms with Crippen molar-refractivity contribution in [2.75, 3.05) is 13.7 Å². The number of aldehydes is 1. The molecule has 2 aromatic carbocycles. The number of benzene rings is 2. The fourth-order valence-corrected chi connectivity index (χ4v) is 2.07. The Hall–Kier alpha value is -3.06. The summed E-state index contributed by atoms with van der Waals surface area (Å²) < 4.78 is 10.4. The third-order valence-electron chi connectivity index (χ3n) is 3.08. The fraction of sp³-hybridized carbons (Fsp3) is 0.118. The van der Waals surface area contributed by atoms with E-state index in [0.717, 1.165) is 0 Å². The topological polar surface area (TPSA) is 93.7 Å². The van der Waals surface area contributed by atoms with Crippen molar-refractivity contribution in [3.05, 3.63) is 58.6 Å². The highest BCUT2D eigenvalue weighted by Crippen LogP contribution is 2.27. The van der Waals surface area contributed by atoms with Gasteiger partial charge in [-0.05, 0) is 36.4 Å². The van der Waals surface area contributed by atoms with Crippen LogP contribution >= 0.6 is 11.6 Å². The predicted octanol–water partition coefficient (Wildman–Crippen LogP) is 2.00. The first-order valence-electron chi connectivity index (χ1n) is 7.14. The Kier molecular flexibility index (Phi) is 6.36. The van der Waals surface area contributed by atoms with Crippen molar-refractivity contribution in [2.24, 2.45) is 0 Å². The molecule has 130 valence electrons. The van der Waals surface area contributed by atoms with Crippen molar-refractivity contribution in [1.29, 1.82) is 0 Å². The maximum Gasteiger partial charge on any atom is 0.276 e. The monoisotopic (exact) mass is 362 g/mol. The average Bonchev–Trinajstić information content (AvgIpc) is 2.64. The molecule has 0 fully saturated rings. The number of carbonyl (C=O) groups is 3. The van der Waals surface area contributed by atoms with Crippen LogP contribution in [0, 0.1) is 0 Å². The largest absolute Gasteiger partial charge is 0.493 e. The van der Waals surface area contributed by atoms with Crippen LogP contribution in [0.2, 0.25) is 5.02 Å². The predicted molar refractivity (Wildman–Crippen MR) is 90.9 cm³/mol. The Balaban J connectivity index is 1.87. The molecule has 7 nitrogen and oxygen atoms in total. The standard InChI is InChI=1S/C17H15ClN2O5/c1-24-15-7-11(9-21)5-6-14(15)25-10-16(22)19-20-17(23)12-3-2-4-13(18)8-12/h2-9H,10H2,1H3,(H,19,22)(H,20,23). The first-order valence-corrected chi connectivity index (χ1v) is 7.52. The van der Waals surface area contributed by atoms with Crippen molar-refractivity contribution in [3.63, 3.8) is 0 Å². The fourth-order valence-electron chi connectivity index (χ4n) is 1.88. The summed E-state index contributed by atoms with van der Waals surface area (Å²) in [5.41, 5.74) is 5.21. The number of methoxy groups -OCH3 is 1. The number of nitrogens with one attached hydrogen (secondary N) is 2. The summed E-state index contributed by atoms with van der Waals surface area (Å²) in [5.74, 6) is -0.467. The molecular weight excluding hydrogens is 348 g/mol. The van der Waals surface area contributed by atoms with Gasteiger partial charge in [0, 0.05) is 16.1 Å². The summed E-state index contributed by atoms with van der Waals surface area (Å²) in [7, 11) is 1.42. The zero-order valence-electron chi connectivity index (χ0n) is 13.2. The maximum atomic E-state index is 11.9. The van der Waals surface area contributed by atoms with Gasteiger partial charge in [0.05, 0.1) is 7.11 Å². The number of carbonyl (C=O) groups excluding carboxylic acids is 3. The average molecular weight is 363 g/mol. The molecule has 0 aliphatic carbocycles. The van der Waals surface area contributed by atoms with E-state index in [-0.39, 0.29) is 6.61 Å². The van der Waals surface area contributed by atoms with E-state index in [1.165, 1.54) is 31.4 Å². The lowest BCUT2D eigenvalue weighted by Gasteiger charge is -2.11. The van der Waals surface area contributed by atoms with Crippen LogP contribution in [0.5, 0.6) is 11.5 Å². The second-order valence-corrected chi connectivity index (χ2v) is 5.27. The maximum absolute atomic E-state index is 11.9. The van der Waals surface area contributed by atoms with E-state index >= 15 is 0 Å². The minimum atomic E-state index is -0.572. The number of rotatable bonds is 6. The first kappa shape index (κ1) is 18.3. The van der Waals surface area contributed by atoms with Gasteiger partial charge in [-0.15, -0.1) is 0 Å². The van der Waals surface area contributed by atoms with Gasteiger partial charge in [-0.1, -0.05) is 17.7 Å². The molecule has 8 heteroatoms. The zero-order valence-corrected chi connectivity index (χ0v) is 14.0. The molecule has 0 heterocycles. The van der Waals surface area contributed by atoms with Crippen LogP contribution in [-0.2, 0) is 4.79 Å². The molecule has 0 radical (unpaired) electrons. The van der Waals surface area contributed by atoms with E-state index in [1.807, 2.05) is 0 Å². The lowest BCUT2D eigenvalue weighted by Crippen LogP contribution is -2.43. The quantitative estimate of drug-likeness (QED) is 0.605. The molecule has 0 saturated heterocycles. The Bertz CT molecular complexity index is 794. The molecular formula is C17H15ClN2O5. The van der Waals surface area contributed by atoms with Crippen molar-refractivity contribution in [3.8, 4) is 11.5 Å². The van der Waals surface area contributed by atoms with Crippen molar-refractivity contribution >= 4 is 29.7 Å². The number of hydrazine groups is 1. The van der Waals surface area contributed by atoms with Crippen LogP contribution < -0.4 is 20.3 Å². The van der Waals surface area contributed by atoms with Gasteiger partial charge in [0.1, 0.15) is 6.29 Å². The van der Waals surface area contributed by atoms with E-state index in [4.69, 9.17) is 21.1 Å². The molecule has 2 amide bonds. The van der Waals surface area contributed by atoms with Gasteiger partial charge in [-0.3, -0.25) is 25.2 Å². The Labute approximate surface area is 148 Å². The number of hydrogen-bond acceptors (Lipinski definition) is 5. The van der Waals surface area contributed by atoms with E-state index in [9.17, 15) is 14.4 Å². The molecule has 0 aliphatic rings. The second kappa shape index (κ2) is 8.70. The third kappa shape index (κ3) is 5.22. The van der Waals surface area contributed by atoms with Gasteiger partial charge in [-0.25, -0.2) is 0 Å². The number of ether oxygens (including phenoxy) is 2. The molecule has 0 saturated carbocycles. The normalized spacial score (nSPS) is 9.84. The lowest BCUT2D eigenvalue weighted by atomic mass is 10.2. The molecule has 0 bridgehead atoms. The van der Waals surface area contributed by atoms with E-state index in [0.29, 0.717) is 33.9 Å². The van der Waals surface area contributed by atoms with Gasteiger partial charge < -0.3 is 9.47 Å². The zero-order chi connectivity index (χ0) is 18.2. The highest BCUT2D eigenvalue weighted by atomic mass is 35.5. The summed E-state index contributed by atoms with van der Waals surface area (Å²) in [4.78, 5) is 34.4. The lowest BCUT2D eigenvalue weighted by molar-refractivity contribution is -0.123. The SMILES string of the molecule is COc1cc(C=O)ccc1OCC(=O)NNC(=O)c1cccc(Cl)c1. The molecule has 2 aromatic rings. The number of hydrogen-bond donors (Lipinski definition) is 2. The van der Waals surface area contributed by atoms with E-state index in [2.05, 4.69) is 10.9 Å². The van der Waals surface area contributed by atoms with Crippen molar-refractivity contribution in [2.45, 2.75) is 0 Å². The number of halogens is 1. The van der Waals surface area contributed by atoms with Gasteiger partial charge in [0.2, 0.25) is 0 Å². The van der Waals surface area contributed by atoms with Crippen LogP contribution in [0.25, 0.3) is 0 Å². The first-order chi connectivity index (χ1) is 12.0. The number of amides is 2. The Morgan fingerprint density at radius 1 is 1.12 bits per heavy atom. The van der Waals surface area contributed by atoms with Gasteiger partial charge >= 0.3 is 0 Å². The molecule has 0 aromatic heterocycles.